The molecule has 2 N–H and O–H groups in total. The number of carbonyl (C=O) groups is 2. The van der Waals surface area contributed by atoms with E-state index in [9.17, 15) is 14.7 Å². The maximum Gasteiger partial charge on any atom is 0.307 e. The number of benzene rings is 2. The second kappa shape index (κ2) is 7.23. The molecule has 4 atom stereocenters. The van der Waals surface area contributed by atoms with E-state index in [-0.39, 0.29) is 15.6 Å². The van der Waals surface area contributed by atoms with Gasteiger partial charge in [-0.1, -0.05) is 68.3 Å². The van der Waals surface area contributed by atoms with Gasteiger partial charge in [-0.15, -0.1) is 0 Å². The van der Waals surface area contributed by atoms with Crippen molar-refractivity contribution < 1.29 is 14.7 Å². The summed E-state index contributed by atoms with van der Waals surface area (Å²) < 4.78 is 0. The lowest BCUT2D eigenvalue weighted by Gasteiger charge is -2.34. The van der Waals surface area contributed by atoms with E-state index in [1.807, 2.05) is 42.5 Å². The zero-order valence-electron chi connectivity index (χ0n) is 12.8. The van der Waals surface area contributed by atoms with Gasteiger partial charge in [0.1, 0.15) is 0 Å². The molecule has 0 aromatic heterocycles. The first-order chi connectivity index (χ1) is 11.5. The third-order valence-corrected chi connectivity index (χ3v) is 7.27. The van der Waals surface area contributed by atoms with E-state index in [4.69, 9.17) is 0 Å². The molecule has 4 nitrogen and oxygen atoms in total. The Kier molecular flexibility index (Phi) is 5.25. The lowest BCUT2D eigenvalue weighted by molar-refractivity contribution is -0.147. The van der Waals surface area contributed by atoms with Gasteiger partial charge in [0.15, 0.2) is 0 Å². The topological polar surface area (TPSA) is 66.4 Å². The van der Waals surface area contributed by atoms with E-state index in [2.05, 4.69) is 37.2 Å². The number of halogens is 2. The highest BCUT2D eigenvalue weighted by atomic mass is 79.9. The molecule has 1 aliphatic rings. The van der Waals surface area contributed by atoms with Gasteiger partial charge in [-0.2, -0.15) is 0 Å². The summed E-state index contributed by atoms with van der Waals surface area (Å²) in [6.45, 7) is 0. The van der Waals surface area contributed by atoms with Gasteiger partial charge in [0.05, 0.1) is 11.8 Å². The number of hydrogen-bond acceptors (Lipinski definition) is 2. The van der Waals surface area contributed by atoms with Crippen LogP contribution < -0.4 is 5.32 Å². The molecule has 1 fully saturated rings. The molecule has 2 aromatic carbocycles. The van der Waals surface area contributed by atoms with Gasteiger partial charge in [-0.3, -0.25) is 9.59 Å². The zero-order chi connectivity index (χ0) is 17.3. The monoisotopic (exact) mass is 453 g/mol. The molecule has 126 valence electrons. The predicted molar refractivity (Wildman–Crippen MR) is 102 cm³/mol. The fraction of sp³-hybridized carbons (Fsp3) is 0.333. The maximum atomic E-state index is 12.8. The van der Waals surface area contributed by atoms with Gasteiger partial charge in [0, 0.05) is 20.7 Å². The molecule has 24 heavy (non-hydrogen) atoms. The summed E-state index contributed by atoms with van der Waals surface area (Å²) in [5.41, 5.74) is 0.717. The largest absolute Gasteiger partial charge is 0.481 e. The second-order valence-electron chi connectivity index (χ2n) is 6.07. The molecule has 1 saturated carbocycles. The Morgan fingerprint density at radius 1 is 0.958 bits per heavy atom. The van der Waals surface area contributed by atoms with Crippen molar-refractivity contribution in [3.8, 4) is 0 Å². The minimum absolute atomic E-state index is 0.0557. The molecule has 1 amide bonds. The number of rotatable bonds is 3. The predicted octanol–water partition coefficient (Wildman–Crippen LogP) is 4.42. The molecule has 2 aromatic rings. The highest BCUT2D eigenvalue weighted by molar-refractivity contribution is 9.12. The molecule has 6 heteroatoms. The number of fused-ring (bicyclic) bond motifs is 1. The summed E-state index contributed by atoms with van der Waals surface area (Å²) in [4.78, 5) is 24.5. The van der Waals surface area contributed by atoms with Crippen LogP contribution in [0.15, 0.2) is 42.5 Å². The van der Waals surface area contributed by atoms with Crippen molar-refractivity contribution in [1.82, 2.24) is 0 Å². The Bertz CT molecular complexity index is 774. The molecule has 0 heterocycles. The Labute approximate surface area is 156 Å². The Hall–Kier alpha value is -1.40. The van der Waals surface area contributed by atoms with Crippen LogP contribution in [0.3, 0.4) is 0 Å². The lowest BCUT2D eigenvalue weighted by atomic mass is 9.78. The van der Waals surface area contributed by atoms with E-state index in [0.717, 1.165) is 10.8 Å². The van der Waals surface area contributed by atoms with E-state index < -0.39 is 17.8 Å². The molecule has 0 aliphatic heterocycles. The van der Waals surface area contributed by atoms with Crippen molar-refractivity contribution in [2.75, 3.05) is 5.32 Å². The maximum absolute atomic E-state index is 12.8. The van der Waals surface area contributed by atoms with Gasteiger partial charge < -0.3 is 10.4 Å². The average molecular weight is 455 g/mol. The van der Waals surface area contributed by atoms with Crippen molar-refractivity contribution in [2.24, 2.45) is 11.8 Å². The van der Waals surface area contributed by atoms with E-state index >= 15 is 0 Å². The molecule has 1 aliphatic carbocycles. The van der Waals surface area contributed by atoms with Crippen LogP contribution in [0.2, 0.25) is 0 Å². The lowest BCUT2D eigenvalue weighted by Crippen LogP contribution is -2.42. The molecule has 3 rings (SSSR count). The molecular formula is C18H17Br2NO3. The minimum atomic E-state index is -0.920. The molecule has 0 saturated heterocycles. The summed E-state index contributed by atoms with van der Waals surface area (Å²) in [6, 6.07) is 13.5. The first kappa shape index (κ1) is 17.4. The summed E-state index contributed by atoms with van der Waals surface area (Å²) in [6.07, 6.45) is 0.919. The third-order valence-electron chi connectivity index (χ3n) is 4.54. The van der Waals surface area contributed by atoms with Crippen LogP contribution in [0.4, 0.5) is 5.69 Å². The highest BCUT2D eigenvalue weighted by Gasteiger charge is 2.42. The number of carbonyl (C=O) groups excluding carboxylic acids is 1. The van der Waals surface area contributed by atoms with Gasteiger partial charge in [-0.05, 0) is 24.3 Å². The number of anilines is 1. The van der Waals surface area contributed by atoms with Crippen molar-refractivity contribution in [3.63, 3.8) is 0 Å². The highest BCUT2D eigenvalue weighted by Crippen LogP contribution is 2.38. The van der Waals surface area contributed by atoms with Crippen molar-refractivity contribution in [3.05, 3.63) is 42.5 Å². The fourth-order valence-corrected chi connectivity index (χ4v) is 4.47. The SMILES string of the molecule is O=C(O)[C@H]1C[C@@H](Br)[C@@H](Br)C[C@H]1C(=O)Nc1cccc2ccccc12. The number of aliphatic carboxylic acids is 1. The number of alkyl halides is 2. The fourth-order valence-electron chi connectivity index (χ4n) is 3.23. The van der Waals surface area contributed by atoms with Crippen molar-refractivity contribution in [1.29, 1.82) is 0 Å². The van der Waals surface area contributed by atoms with Crippen LogP contribution in [0.25, 0.3) is 10.8 Å². The first-order valence-electron chi connectivity index (χ1n) is 7.77. The minimum Gasteiger partial charge on any atom is -0.481 e. The van der Waals surface area contributed by atoms with Gasteiger partial charge >= 0.3 is 5.97 Å². The molecular weight excluding hydrogens is 438 g/mol. The Morgan fingerprint density at radius 2 is 1.58 bits per heavy atom. The molecule has 0 spiro atoms. The molecule has 0 radical (unpaired) electrons. The van der Waals surface area contributed by atoms with Gasteiger partial charge in [-0.25, -0.2) is 0 Å². The standard InChI is InChI=1S/C18H17Br2NO3/c19-14-8-12(13(18(23)24)9-15(14)20)17(22)21-16-7-3-5-10-4-1-2-6-11(10)16/h1-7,12-15H,8-9H2,(H,21,22)(H,23,24)/t12-,13+,14+,15-/m1/s1. The Balaban J connectivity index is 1.86. The van der Waals surface area contributed by atoms with E-state index in [1.165, 1.54) is 0 Å². The van der Waals surface area contributed by atoms with E-state index in [0.29, 0.717) is 18.5 Å². The molecule has 0 bridgehead atoms. The Morgan fingerprint density at radius 3 is 2.29 bits per heavy atom. The second-order valence-corrected chi connectivity index (χ2v) is 8.42. The van der Waals surface area contributed by atoms with Gasteiger partial charge in [0.25, 0.3) is 0 Å². The number of nitrogens with one attached hydrogen (secondary N) is 1. The van der Waals surface area contributed by atoms with Crippen LogP contribution >= 0.6 is 31.9 Å². The van der Waals surface area contributed by atoms with Crippen molar-refractivity contribution >= 4 is 60.2 Å². The smallest absolute Gasteiger partial charge is 0.307 e. The van der Waals surface area contributed by atoms with E-state index in [1.54, 1.807) is 0 Å². The third kappa shape index (κ3) is 3.49. The summed E-state index contributed by atoms with van der Waals surface area (Å²) in [5.74, 6) is -2.39. The van der Waals surface area contributed by atoms with Crippen LogP contribution in [0, 0.1) is 11.8 Å². The number of carboxylic acid groups (broad SMARTS) is 1. The summed E-state index contributed by atoms with van der Waals surface area (Å²) in [7, 11) is 0. The summed E-state index contributed by atoms with van der Waals surface area (Å²) in [5, 5.41) is 14.4. The van der Waals surface area contributed by atoms with Crippen LogP contribution in [-0.2, 0) is 9.59 Å². The summed E-state index contributed by atoms with van der Waals surface area (Å²) >= 11 is 7.04. The van der Waals surface area contributed by atoms with Crippen LogP contribution in [0.5, 0.6) is 0 Å². The zero-order valence-corrected chi connectivity index (χ0v) is 16.0. The quantitative estimate of drug-likeness (QED) is 0.674. The number of amides is 1. The average Bonchev–Trinajstić information content (AvgIpc) is 2.57. The first-order valence-corrected chi connectivity index (χ1v) is 9.60. The van der Waals surface area contributed by atoms with Crippen LogP contribution in [-0.4, -0.2) is 26.6 Å². The van der Waals surface area contributed by atoms with Crippen LogP contribution in [0.1, 0.15) is 12.8 Å². The van der Waals surface area contributed by atoms with Gasteiger partial charge in [0.2, 0.25) is 5.91 Å². The number of carboxylic acids is 1. The van der Waals surface area contributed by atoms with Crippen molar-refractivity contribution in [2.45, 2.75) is 22.5 Å². The normalized spacial score (nSPS) is 26.9. The number of hydrogen-bond donors (Lipinski definition) is 2. The molecule has 0 unspecified atom stereocenters.